The highest BCUT2D eigenvalue weighted by Crippen LogP contribution is 2.24. The zero-order chi connectivity index (χ0) is 18.3. The molecule has 0 saturated heterocycles. The average Bonchev–Trinajstić information content (AvgIpc) is 3.16. The summed E-state index contributed by atoms with van der Waals surface area (Å²) in [6, 6.07) is 11.6. The van der Waals surface area contributed by atoms with E-state index in [1.165, 1.54) is 23.0 Å². The lowest BCUT2D eigenvalue weighted by molar-refractivity contribution is -0.0585. The molecule has 0 N–H and O–H groups in total. The third-order valence-electron chi connectivity index (χ3n) is 4.03. The number of hydroxylamine groups is 2. The maximum Gasteiger partial charge on any atom is 0.367 e. The van der Waals surface area contributed by atoms with E-state index in [1.54, 1.807) is 43.5 Å². The molecule has 2 aromatic heterocycles. The van der Waals surface area contributed by atoms with Crippen LogP contribution in [0.25, 0.3) is 5.82 Å². The predicted octanol–water partition coefficient (Wildman–Crippen LogP) is 1.94. The Bertz CT molecular complexity index is 1010. The summed E-state index contributed by atoms with van der Waals surface area (Å²) in [5.74, 6) is -1.66. The maximum atomic E-state index is 12.5. The van der Waals surface area contributed by atoms with Crippen molar-refractivity contribution in [3.05, 3.63) is 77.2 Å². The number of amides is 2. The number of nitrogens with zero attached hydrogens (tertiary/aromatic N) is 4. The first-order valence-corrected chi connectivity index (χ1v) is 7.74. The van der Waals surface area contributed by atoms with Crippen LogP contribution in [0.4, 0.5) is 0 Å². The molecule has 0 bridgehead atoms. The second-order valence-electron chi connectivity index (χ2n) is 5.57. The molecular formula is C18H12N4O4. The van der Waals surface area contributed by atoms with Crippen molar-refractivity contribution in [3.8, 4) is 5.82 Å². The van der Waals surface area contributed by atoms with Crippen LogP contribution in [0.5, 0.6) is 0 Å². The van der Waals surface area contributed by atoms with Gasteiger partial charge in [0.1, 0.15) is 5.56 Å². The number of hydrogen-bond acceptors (Lipinski definition) is 6. The number of rotatable bonds is 3. The second kappa shape index (κ2) is 5.92. The monoisotopic (exact) mass is 348 g/mol. The van der Waals surface area contributed by atoms with Gasteiger partial charge in [-0.1, -0.05) is 23.3 Å². The van der Waals surface area contributed by atoms with E-state index in [4.69, 9.17) is 4.84 Å². The van der Waals surface area contributed by atoms with E-state index in [1.807, 2.05) is 0 Å². The van der Waals surface area contributed by atoms with E-state index in [0.29, 0.717) is 16.6 Å². The standard InChI is InChI=1S/C18H12N4O4/c1-11-14(10-20-21(11)15-8-4-5-9-19-15)18(25)26-22-16(23)12-6-2-3-7-13(12)17(22)24/h2-10H,1H3. The van der Waals surface area contributed by atoms with Gasteiger partial charge in [0.15, 0.2) is 5.82 Å². The van der Waals surface area contributed by atoms with Gasteiger partial charge >= 0.3 is 5.97 Å². The van der Waals surface area contributed by atoms with Gasteiger partial charge in [-0.3, -0.25) is 9.59 Å². The smallest absolute Gasteiger partial charge is 0.324 e. The highest BCUT2D eigenvalue weighted by Gasteiger charge is 2.39. The van der Waals surface area contributed by atoms with Crippen molar-refractivity contribution in [3.63, 3.8) is 0 Å². The number of fused-ring (bicyclic) bond motifs is 1. The van der Waals surface area contributed by atoms with Crippen LogP contribution in [-0.4, -0.2) is 37.6 Å². The summed E-state index contributed by atoms with van der Waals surface area (Å²) >= 11 is 0. The number of imide groups is 1. The summed E-state index contributed by atoms with van der Waals surface area (Å²) in [7, 11) is 0. The summed E-state index contributed by atoms with van der Waals surface area (Å²) in [5, 5.41) is 4.60. The molecule has 1 aromatic carbocycles. The van der Waals surface area contributed by atoms with Gasteiger partial charge in [0.2, 0.25) is 0 Å². The lowest BCUT2D eigenvalue weighted by Gasteiger charge is -2.12. The lowest BCUT2D eigenvalue weighted by Crippen LogP contribution is -2.32. The fraction of sp³-hybridized carbons (Fsp3) is 0.0556. The number of carbonyl (C=O) groups excluding carboxylic acids is 3. The van der Waals surface area contributed by atoms with Gasteiger partial charge < -0.3 is 4.84 Å². The van der Waals surface area contributed by atoms with Crippen LogP contribution in [0.1, 0.15) is 36.8 Å². The molecule has 1 aliphatic rings. The first-order chi connectivity index (χ1) is 12.6. The highest BCUT2D eigenvalue weighted by molar-refractivity contribution is 6.21. The Morgan fingerprint density at radius 2 is 1.65 bits per heavy atom. The molecule has 8 nitrogen and oxygen atoms in total. The highest BCUT2D eigenvalue weighted by atomic mass is 16.7. The molecule has 4 rings (SSSR count). The van der Waals surface area contributed by atoms with Crippen LogP contribution in [0, 0.1) is 6.92 Å². The van der Waals surface area contributed by atoms with Crippen molar-refractivity contribution in [2.45, 2.75) is 6.92 Å². The third-order valence-corrected chi connectivity index (χ3v) is 4.03. The fourth-order valence-corrected chi connectivity index (χ4v) is 2.70. The molecule has 0 atom stereocenters. The van der Waals surface area contributed by atoms with Gasteiger partial charge in [-0.05, 0) is 31.2 Å². The number of aromatic nitrogens is 3. The molecule has 3 aromatic rings. The summed E-state index contributed by atoms with van der Waals surface area (Å²) < 4.78 is 1.47. The molecule has 0 radical (unpaired) electrons. The van der Waals surface area contributed by atoms with Crippen LogP contribution in [-0.2, 0) is 4.84 Å². The van der Waals surface area contributed by atoms with Crippen LogP contribution >= 0.6 is 0 Å². The van der Waals surface area contributed by atoms with Crippen LogP contribution < -0.4 is 0 Å². The molecule has 3 heterocycles. The molecule has 8 heteroatoms. The Labute approximate surface area is 147 Å². The van der Waals surface area contributed by atoms with Crippen molar-refractivity contribution >= 4 is 17.8 Å². The van der Waals surface area contributed by atoms with Gasteiger partial charge in [0.05, 0.1) is 23.0 Å². The van der Waals surface area contributed by atoms with E-state index < -0.39 is 17.8 Å². The minimum absolute atomic E-state index is 0.132. The Morgan fingerprint density at radius 3 is 2.27 bits per heavy atom. The molecule has 0 saturated carbocycles. The zero-order valence-electron chi connectivity index (χ0n) is 13.6. The topological polar surface area (TPSA) is 94.4 Å². The normalized spacial score (nSPS) is 13.0. The Hall–Kier alpha value is -3.81. The molecule has 26 heavy (non-hydrogen) atoms. The molecule has 128 valence electrons. The quantitative estimate of drug-likeness (QED) is 0.672. The summed E-state index contributed by atoms with van der Waals surface area (Å²) in [6.07, 6.45) is 2.91. The number of hydrogen-bond donors (Lipinski definition) is 0. The van der Waals surface area contributed by atoms with Crippen molar-refractivity contribution < 1.29 is 19.2 Å². The van der Waals surface area contributed by atoms with Crippen LogP contribution in [0.15, 0.2) is 54.9 Å². The van der Waals surface area contributed by atoms with Gasteiger partial charge in [-0.25, -0.2) is 14.5 Å². The molecular weight excluding hydrogens is 336 g/mol. The summed E-state index contributed by atoms with van der Waals surface area (Å²) in [6.45, 7) is 1.67. The van der Waals surface area contributed by atoms with Gasteiger partial charge in [-0.2, -0.15) is 5.10 Å². The van der Waals surface area contributed by atoms with Crippen molar-refractivity contribution in [1.29, 1.82) is 0 Å². The van der Waals surface area contributed by atoms with Gasteiger partial charge in [0.25, 0.3) is 11.8 Å². The molecule has 1 aliphatic heterocycles. The average molecular weight is 348 g/mol. The van der Waals surface area contributed by atoms with E-state index in [-0.39, 0.29) is 16.7 Å². The number of carbonyl (C=O) groups is 3. The van der Waals surface area contributed by atoms with E-state index in [2.05, 4.69) is 10.1 Å². The van der Waals surface area contributed by atoms with Gasteiger partial charge in [-0.15, -0.1) is 0 Å². The Morgan fingerprint density at radius 1 is 1.00 bits per heavy atom. The SMILES string of the molecule is Cc1c(C(=O)ON2C(=O)c3ccccc3C2=O)cnn1-c1ccccn1. The van der Waals surface area contributed by atoms with E-state index in [9.17, 15) is 14.4 Å². The summed E-state index contributed by atoms with van der Waals surface area (Å²) in [5.41, 5.74) is 1.01. The van der Waals surface area contributed by atoms with Crippen molar-refractivity contribution in [2.24, 2.45) is 0 Å². The predicted molar refractivity (Wildman–Crippen MR) is 88.5 cm³/mol. The molecule has 0 aliphatic carbocycles. The molecule has 0 spiro atoms. The molecule has 0 unspecified atom stereocenters. The van der Waals surface area contributed by atoms with Crippen LogP contribution in [0.2, 0.25) is 0 Å². The first-order valence-electron chi connectivity index (χ1n) is 7.74. The number of benzene rings is 1. The van der Waals surface area contributed by atoms with Crippen molar-refractivity contribution in [1.82, 2.24) is 19.8 Å². The van der Waals surface area contributed by atoms with Gasteiger partial charge in [0, 0.05) is 6.20 Å². The first kappa shape index (κ1) is 15.7. The minimum Gasteiger partial charge on any atom is -0.324 e. The Kier molecular flexibility index (Phi) is 3.58. The minimum atomic E-state index is -0.848. The Balaban J connectivity index is 1.60. The lowest BCUT2D eigenvalue weighted by atomic mass is 10.1. The largest absolute Gasteiger partial charge is 0.367 e. The van der Waals surface area contributed by atoms with Crippen molar-refractivity contribution in [2.75, 3.05) is 0 Å². The second-order valence-corrected chi connectivity index (χ2v) is 5.57. The zero-order valence-corrected chi connectivity index (χ0v) is 13.6. The van der Waals surface area contributed by atoms with E-state index in [0.717, 1.165) is 0 Å². The van der Waals surface area contributed by atoms with E-state index >= 15 is 0 Å². The molecule has 2 amide bonds. The van der Waals surface area contributed by atoms with Crippen LogP contribution in [0.3, 0.4) is 0 Å². The number of pyridine rings is 1. The maximum absolute atomic E-state index is 12.5. The summed E-state index contributed by atoms with van der Waals surface area (Å²) in [4.78, 5) is 46.3. The molecule has 0 fully saturated rings. The third kappa shape index (κ3) is 2.35. The fourth-order valence-electron chi connectivity index (χ4n) is 2.70.